The molecule has 3 aliphatic rings. The van der Waals surface area contributed by atoms with Gasteiger partial charge in [-0.25, -0.2) is 9.97 Å². The standard InChI is InChI=1S/C27H34N8O4/c28-25(37)19-1-5-23(30-15-19)35-9-7-18(8-10-35)17-33-11-13-34(14-12-33)20-2-3-21(29-16-20)26(38)31-22-4-6-24(36)32-27(22)39/h1-3,5,15-16,18,22H,4,6-14,17H2,(H2,28,37)(H,31,38)(H,32,36,39). The van der Waals surface area contributed by atoms with Gasteiger partial charge in [0.2, 0.25) is 17.7 Å². The zero-order valence-corrected chi connectivity index (χ0v) is 21.8. The topological polar surface area (TPSA) is 154 Å². The Morgan fingerprint density at radius 3 is 2.31 bits per heavy atom. The number of piperidine rings is 2. The Balaban J connectivity index is 1.04. The van der Waals surface area contributed by atoms with Crippen molar-refractivity contribution in [2.45, 2.75) is 31.7 Å². The molecule has 5 heterocycles. The van der Waals surface area contributed by atoms with Crippen LogP contribution in [0.4, 0.5) is 11.5 Å². The van der Waals surface area contributed by atoms with Crippen LogP contribution in [0.3, 0.4) is 0 Å². The molecular weight excluding hydrogens is 500 g/mol. The smallest absolute Gasteiger partial charge is 0.270 e. The summed E-state index contributed by atoms with van der Waals surface area (Å²) in [5, 5.41) is 4.90. The first-order valence-electron chi connectivity index (χ1n) is 13.4. The highest BCUT2D eigenvalue weighted by molar-refractivity contribution is 6.03. The second kappa shape index (κ2) is 11.8. The number of rotatable bonds is 7. The van der Waals surface area contributed by atoms with E-state index >= 15 is 0 Å². The number of pyridine rings is 2. The Kier molecular flexibility index (Phi) is 8.01. The third-order valence-corrected chi connectivity index (χ3v) is 7.75. The van der Waals surface area contributed by atoms with E-state index in [9.17, 15) is 19.2 Å². The van der Waals surface area contributed by atoms with E-state index in [0.29, 0.717) is 17.9 Å². The fraction of sp³-hybridized carbons (Fsp3) is 0.481. The zero-order chi connectivity index (χ0) is 27.4. The average Bonchev–Trinajstić information content (AvgIpc) is 2.95. The molecule has 1 atom stereocenters. The molecule has 5 rings (SSSR count). The lowest BCUT2D eigenvalue weighted by molar-refractivity contribution is -0.134. The number of piperazine rings is 1. The highest BCUT2D eigenvalue weighted by atomic mass is 16.2. The van der Waals surface area contributed by atoms with Crippen molar-refractivity contribution in [1.29, 1.82) is 0 Å². The van der Waals surface area contributed by atoms with Gasteiger partial charge in [-0.1, -0.05) is 0 Å². The van der Waals surface area contributed by atoms with Crippen molar-refractivity contribution in [2.75, 3.05) is 55.6 Å². The molecule has 3 aliphatic heterocycles. The van der Waals surface area contributed by atoms with Gasteiger partial charge in [-0.05, 0) is 49.4 Å². The molecule has 4 amide bonds. The number of anilines is 2. The summed E-state index contributed by atoms with van der Waals surface area (Å²) in [6.07, 6.45) is 5.95. The monoisotopic (exact) mass is 534 g/mol. The normalized spacial score (nSPS) is 21.0. The number of nitrogens with two attached hydrogens (primary N) is 1. The van der Waals surface area contributed by atoms with Crippen LogP contribution >= 0.6 is 0 Å². The first-order valence-corrected chi connectivity index (χ1v) is 13.4. The Bertz CT molecular complexity index is 1200. The van der Waals surface area contributed by atoms with Gasteiger partial charge < -0.3 is 20.9 Å². The summed E-state index contributed by atoms with van der Waals surface area (Å²) in [5.41, 5.74) is 6.94. The molecule has 0 aromatic carbocycles. The molecule has 1 unspecified atom stereocenters. The molecular formula is C27H34N8O4. The van der Waals surface area contributed by atoms with Crippen molar-refractivity contribution in [1.82, 2.24) is 25.5 Å². The number of hydrogen-bond acceptors (Lipinski definition) is 9. The number of nitrogens with zero attached hydrogens (tertiary/aromatic N) is 5. The number of carbonyl (C=O) groups excluding carboxylic acids is 4. The fourth-order valence-corrected chi connectivity index (χ4v) is 5.39. The Hall–Kier alpha value is -4.06. The van der Waals surface area contributed by atoms with Crippen LogP contribution in [0.1, 0.15) is 46.5 Å². The van der Waals surface area contributed by atoms with E-state index in [0.717, 1.165) is 70.2 Å². The molecule has 0 spiro atoms. The highest BCUT2D eigenvalue weighted by Gasteiger charge is 2.29. The molecule has 3 fully saturated rings. The Labute approximate surface area is 226 Å². The summed E-state index contributed by atoms with van der Waals surface area (Å²) in [5.74, 6) is -0.155. The summed E-state index contributed by atoms with van der Waals surface area (Å²) in [7, 11) is 0. The van der Waals surface area contributed by atoms with Crippen molar-refractivity contribution in [2.24, 2.45) is 11.7 Å². The van der Waals surface area contributed by atoms with E-state index in [1.54, 1.807) is 24.5 Å². The second-order valence-corrected chi connectivity index (χ2v) is 10.4. The van der Waals surface area contributed by atoms with Crippen LogP contribution in [0, 0.1) is 5.92 Å². The van der Waals surface area contributed by atoms with E-state index < -0.39 is 23.8 Å². The van der Waals surface area contributed by atoms with E-state index in [4.69, 9.17) is 5.73 Å². The highest BCUT2D eigenvalue weighted by Crippen LogP contribution is 2.24. The lowest BCUT2D eigenvalue weighted by atomic mass is 9.96. The average molecular weight is 535 g/mol. The molecule has 0 aliphatic carbocycles. The number of amides is 4. The first-order chi connectivity index (χ1) is 18.9. The third-order valence-electron chi connectivity index (χ3n) is 7.75. The largest absolute Gasteiger partial charge is 0.368 e. The quantitative estimate of drug-likeness (QED) is 0.421. The van der Waals surface area contributed by atoms with Crippen LogP contribution in [0.15, 0.2) is 36.7 Å². The summed E-state index contributed by atoms with van der Waals surface area (Å²) in [6.45, 7) is 6.68. The molecule has 12 heteroatoms. The van der Waals surface area contributed by atoms with Gasteiger partial charge in [0.15, 0.2) is 0 Å². The van der Waals surface area contributed by atoms with E-state index in [1.807, 2.05) is 12.1 Å². The van der Waals surface area contributed by atoms with Gasteiger partial charge in [0.1, 0.15) is 17.6 Å². The van der Waals surface area contributed by atoms with Crippen LogP contribution < -0.4 is 26.2 Å². The lowest BCUT2D eigenvalue weighted by Crippen LogP contribution is -2.52. The van der Waals surface area contributed by atoms with Gasteiger partial charge in [-0.3, -0.25) is 29.4 Å². The van der Waals surface area contributed by atoms with Gasteiger partial charge >= 0.3 is 0 Å². The van der Waals surface area contributed by atoms with Crippen LogP contribution in [-0.2, 0) is 9.59 Å². The predicted octanol–water partition coefficient (Wildman–Crippen LogP) is 0.149. The van der Waals surface area contributed by atoms with Crippen molar-refractivity contribution in [3.8, 4) is 0 Å². The summed E-state index contributed by atoms with van der Waals surface area (Å²) >= 11 is 0. The maximum absolute atomic E-state index is 12.5. The van der Waals surface area contributed by atoms with Gasteiger partial charge in [0.25, 0.3) is 5.91 Å². The van der Waals surface area contributed by atoms with Crippen LogP contribution in [0.2, 0.25) is 0 Å². The molecule has 39 heavy (non-hydrogen) atoms. The van der Waals surface area contributed by atoms with Gasteiger partial charge in [-0.2, -0.15) is 0 Å². The Morgan fingerprint density at radius 1 is 0.923 bits per heavy atom. The number of primary amides is 1. The molecule has 0 radical (unpaired) electrons. The fourth-order valence-electron chi connectivity index (χ4n) is 5.39. The van der Waals surface area contributed by atoms with Crippen LogP contribution in [0.25, 0.3) is 0 Å². The number of nitrogens with one attached hydrogen (secondary N) is 2. The number of aromatic nitrogens is 2. The van der Waals surface area contributed by atoms with Crippen molar-refractivity contribution < 1.29 is 19.2 Å². The van der Waals surface area contributed by atoms with Gasteiger partial charge in [0, 0.05) is 58.4 Å². The minimum Gasteiger partial charge on any atom is -0.368 e. The summed E-state index contributed by atoms with van der Waals surface area (Å²) < 4.78 is 0. The summed E-state index contributed by atoms with van der Waals surface area (Å²) in [4.78, 5) is 62.7. The van der Waals surface area contributed by atoms with E-state index in [2.05, 4.69) is 35.3 Å². The molecule has 4 N–H and O–H groups in total. The maximum Gasteiger partial charge on any atom is 0.270 e. The minimum atomic E-state index is -0.719. The number of imide groups is 1. The van der Waals surface area contributed by atoms with Crippen molar-refractivity contribution in [3.05, 3.63) is 47.9 Å². The zero-order valence-electron chi connectivity index (χ0n) is 21.8. The maximum atomic E-state index is 12.5. The number of carbonyl (C=O) groups is 4. The minimum absolute atomic E-state index is 0.208. The summed E-state index contributed by atoms with van der Waals surface area (Å²) in [6, 6.07) is 6.44. The lowest BCUT2D eigenvalue weighted by Gasteiger charge is -2.39. The Morgan fingerprint density at radius 2 is 1.69 bits per heavy atom. The molecule has 0 bridgehead atoms. The molecule has 2 aromatic heterocycles. The van der Waals surface area contributed by atoms with E-state index in [1.165, 1.54) is 0 Å². The van der Waals surface area contributed by atoms with Crippen molar-refractivity contribution >= 4 is 35.1 Å². The molecule has 206 valence electrons. The molecule has 0 saturated carbocycles. The first kappa shape index (κ1) is 26.5. The second-order valence-electron chi connectivity index (χ2n) is 10.4. The van der Waals surface area contributed by atoms with E-state index in [-0.39, 0.29) is 18.0 Å². The third kappa shape index (κ3) is 6.51. The van der Waals surface area contributed by atoms with Crippen LogP contribution in [0.5, 0.6) is 0 Å². The molecule has 2 aromatic rings. The van der Waals surface area contributed by atoms with Gasteiger partial charge in [0.05, 0.1) is 17.4 Å². The number of hydrogen-bond donors (Lipinski definition) is 3. The molecule has 3 saturated heterocycles. The molecule has 12 nitrogen and oxygen atoms in total. The van der Waals surface area contributed by atoms with Crippen molar-refractivity contribution in [3.63, 3.8) is 0 Å². The van der Waals surface area contributed by atoms with Gasteiger partial charge in [-0.15, -0.1) is 0 Å². The SMILES string of the molecule is NC(=O)c1ccc(N2CCC(CN3CCN(c4ccc(C(=O)NC5CCC(=O)NC5=O)nc4)CC3)CC2)nc1. The van der Waals surface area contributed by atoms with Crippen LogP contribution in [-0.4, -0.2) is 90.4 Å². The predicted molar refractivity (Wildman–Crippen MR) is 144 cm³/mol.